The van der Waals surface area contributed by atoms with Gasteiger partial charge in [-0.25, -0.2) is 4.39 Å². The number of benzene rings is 2. The third-order valence-corrected chi connectivity index (χ3v) is 5.26. The molecule has 1 heterocycles. The summed E-state index contributed by atoms with van der Waals surface area (Å²) < 4.78 is 25.2. The molecular weight excluding hydrogens is 379 g/mol. The van der Waals surface area contributed by atoms with Crippen LogP contribution in [0.25, 0.3) is 11.0 Å². The number of halogens is 1. The molecule has 0 amide bonds. The van der Waals surface area contributed by atoms with Crippen LogP contribution in [0, 0.1) is 5.82 Å². The molecule has 0 saturated carbocycles. The molecule has 6 nitrogen and oxygen atoms in total. The van der Waals surface area contributed by atoms with Gasteiger partial charge in [-0.05, 0) is 56.2 Å². The number of ether oxygens (including phenoxy) is 1. The van der Waals surface area contributed by atoms with Crippen molar-refractivity contribution in [1.29, 1.82) is 0 Å². The van der Waals surface area contributed by atoms with Crippen molar-refractivity contribution in [3.8, 4) is 5.75 Å². The minimum atomic E-state index is -0.771. The molecular formula is C22H23FO6. The summed E-state index contributed by atoms with van der Waals surface area (Å²) >= 11 is 0. The summed E-state index contributed by atoms with van der Waals surface area (Å²) in [5, 5.41) is 19.2. The van der Waals surface area contributed by atoms with Crippen LogP contribution in [0.15, 0.2) is 40.8 Å². The van der Waals surface area contributed by atoms with E-state index in [9.17, 15) is 14.3 Å². The Morgan fingerprint density at radius 2 is 1.97 bits per heavy atom. The molecule has 7 heteroatoms. The first kappa shape index (κ1) is 21.0. The minimum absolute atomic E-state index is 0. The molecule has 0 spiro atoms. The van der Waals surface area contributed by atoms with Crippen molar-refractivity contribution in [3.63, 3.8) is 0 Å². The molecule has 0 saturated heterocycles. The Kier molecular flexibility index (Phi) is 5.49. The van der Waals surface area contributed by atoms with Crippen molar-refractivity contribution in [2.24, 2.45) is 0 Å². The van der Waals surface area contributed by atoms with Crippen LogP contribution in [0.1, 0.15) is 47.5 Å². The molecule has 1 atom stereocenters. The lowest BCUT2D eigenvalue weighted by Crippen LogP contribution is -2.29. The number of ketones is 1. The summed E-state index contributed by atoms with van der Waals surface area (Å²) in [5.41, 5.74) is 1.49. The van der Waals surface area contributed by atoms with Gasteiger partial charge in [-0.15, -0.1) is 0 Å². The van der Waals surface area contributed by atoms with E-state index in [0.717, 1.165) is 5.56 Å². The Bertz CT molecular complexity index is 1070. The second kappa shape index (κ2) is 7.59. The van der Waals surface area contributed by atoms with E-state index in [1.165, 1.54) is 12.1 Å². The Morgan fingerprint density at radius 1 is 1.21 bits per heavy atom. The van der Waals surface area contributed by atoms with E-state index in [0.29, 0.717) is 33.6 Å². The fraction of sp³-hybridized carbons (Fsp3) is 0.318. The number of hydrogen-bond acceptors (Lipinski definition) is 5. The average molecular weight is 402 g/mol. The number of aliphatic hydroxyl groups is 2. The Hall–Kier alpha value is -2.74. The smallest absolute Gasteiger partial charge is 0.197 e. The second-order valence-corrected chi connectivity index (χ2v) is 7.59. The maximum Gasteiger partial charge on any atom is 0.197 e. The zero-order valence-electron chi connectivity index (χ0n) is 16.2. The van der Waals surface area contributed by atoms with Gasteiger partial charge in [0, 0.05) is 29.0 Å². The lowest BCUT2D eigenvalue weighted by Gasteiger charge is -2.31. The van der Waals surface area contributed by atoms with Crippen LogP contribution in [0.5, 0.6) is 5.75 Å². The monoisotopic (exact) mass is 402 g/mol. The van der Waals surface area contributed by atoms with Crippen molar-refractivity contribution >= 4 is 16.8 Å². The van der Waals surface area contributed by atoms with E-state index in [1.54, 1.807) is 24.3 Å². The topological polar surface area (TPSA) is 111 Å². The van der Waals surface area contributed by atoms with E-state index in [1.807, 2.05) is 13.8 Å². The zero-order chi connectivity index (χ0) is 20.1. The third-order valence-electron chi connectivity index (χ3n) is 5.26. The summed E-state index contributed by atoms with van der Waals surface area (Å²) in [6, 6.07) is 9.35. The molecule has 1 aliphatic rings. The molecule has 154 valence electrons. The molecule has 29 heavy (non-hydrogen) atoms. The highest BCUT2D eigenvalue weighted by Crippen LogP contribution is 2.46. The van der Waals surface area contributed by atoms with Crippen LogP contribution in [0.4, 0.5) is 4.39 Å². The average Bonchev–Trinajstić information content (AvgIpc) is 3.04. The molecule has 0 unspecified atom stereocenters. The maximum absolute atomic E-state index is 13.6. The van der Waals surface area contributed by atoms with Gasteiger partial charge in [0.1, 0.15) is 29.5 Å². The van der Waals surface area contributed by atoms with Gasteiger partial charge < -0.3 is 24.8 Å². The predicted octanol–water partition coefficient (Wildman–Crippen LogP) is 2.74. The van der Waals surface area contributed by atoms with Gasteiger partial charge in [-0.2, -0.15) is 0 Å². The highest BCUT2D eigenvalue weighted by Gasteiger charge is 2.41. The third kappa shape index (κ3) is 3.42. The molecule has 4 N–H and O–H groups in total. The van der Waals surface area contributed by atoms with Crippen molar-refractivity contribution in [3.05, 3.63) is 64.7 Å². The maximum atomic E-state index is 13.6. The van der Waals surface area contributed by atoms with Gasteiger partial charge in [-0.1, -0.05) is 0 Å². The second-order valence-electron chi connectivity index (χ2n) is 7.59. The first-order chi connectivity index (χ1) is 13.3. The highest BCUT2D eigenvalue weighted by molar-refractivity contribution is 6.19. The lowest BCUT2D eigenvalue weighted by atomic mass is 9.72. The van der Waals surface area contributed by atoms with Crippen LogP contribution in [0.2, 0.25) is 0 Å². The number of hydrogen-bond donors (Lipinski definition) is 2. The summed E-state index contributed by atoms with van der Waals surface area (Å²) in [7, 11) is 0. The summed E-state index contributed by atoms with van der Waals surface area (Å²) in [5.74, 6) is 0.435. The highest BCUT2D eigenvalue weighted by atomic mass is 19.1. The van der Waals surface area contributed by atoms with Gasteiger partial charge in [0.05, 0.1) is 11.7 Å². The van der Waals surface area contributed by atoms with E-state index in [2.05, 4.69) is 0 Å². The van der Waals surface area contributed by atoms with Gasteiger partial charge in [0.15, 0.2) is 5.78 Å². The van der Waals surface area contributed by atoms with E-state index in [4.69, 9.17) is 14.3 Å². The summed E-state index contributed by atoms with van der Waals surface area (Å²) in [4.78, 5) is 13.2. The Labute approximate surface area is 166 Å². The molecule has 0 fully saturated rings. The number of rotatable bonds is 5. The molecule has 0 aliphatic heterocycles. The number of carbonyl (C=O) groups is 1. The van der Waals surface area contributed by atoms with Gasteiger partial charge >= 0.3 is 0 Å². The van der Waals surface area contributed by atoms with Crippen LogP contribution < -0.4 is 4.74 Å². The van der Waals surface area contributed by atoms with Crippen LogP contribution in [-0.2, 0) is 5.41 Å². The van der Waals surface area contributed by atoms with E-state index in [-0.39, 0.29) is 30.9 Å². The van der Waals surface area contributed by atoms with E-state index < -0.39 is 17.3 Å². The Morgan fingerprint density at radius 3 is 2.69 bits per heavy atom. The molecule has 0 bridgehead atoms. The number of fused-ring (bicyclic) bond motifs is 4. The van der Waals surface area contributed by atoms with Crippen molar-refractivity contribution in [2.45, 2.75) is 31.8 Å². The minimum Gasteiger partial charge on any atom is -0.491 e. The van der Waals surface area contributed by atoms with Crippen LogP contribution in [0.3, 0.4) is 0 Å². The summed E-state index contributed by atoms with van der Waals surface area (Å²) in [6.45, 7) is 3.81. The zero-order valence-corrected chi connectivity index (χ0v) is 16.2. The molecule has 1 aliphatic carbocycles. The standard InChI is InChI=1S/C22H21FO5.H2O/c1-22(2)17-10-14(27-11-13(25)7-8-24)4-6-15(17)20(26)19-16-5-3-12(23)9-18(16)28-21(19)22;/h3-6,9-10,13,24-25H,7-8,11H2,1-2H3;1H2/t13-;/m0./s1. The van der Waals surface area contributed by atoms with Crippen molar-refractivity contribution < 1.29 is 34.0 Å². The molecule has 2 aromatic carbocycles. The fourth-order valence-corrected chi connectivity index (χ4v) is 3.75. The first-order valence-electron chi connectivity index (χ1n) is 9.16. The van der Waals surface area contributed by atoms with Crippen LogP contribution in [-0.4, -0.2) is 40.8 Å². The quantitative estimate of drug-likeness (QED) is 0.682. The normalized spacial score (nSPS) is 15.4. The molecule has 4 rings (SSSR count). The Balaban J connectivity index is 0.00000240. The fourth-order valence-electron chi connectivity index (χ4n) is 3.75. The van der Waals surface area contributed by atoms with Crippen LogP contribution >= 0.6 is 0 Å². The molecule has 1 aromatic heterocycles. The van der Waals surface area contributed by atoms with Crippen molar-refractivity contribution in [2.75, 3.05) is 13.2 Å². The largest absolute Gasteiger partial charge is 0.491 e. The van der Waals surface area contributed by atoms with Gasteiger partial charge in [0.25, 0.3) is 0 Å². The predicted molar refractivity (Wildman–Crippen MR) is 105 cm³/mol. The number of carbonyl (C=O) groups excluding carboxylic acids is 1. The molecule has 0 radical (unpaired) electrons. The number of aliphatic hydroxyl groups excluding tert-OH is 2. The van der Waals surface area contributed by atoms with Crippen molar-refractivity contribution in [1.82, 2.24) is 0 Å². The SMILES string of the molecule is CC1(C)c2cc(OC[C@@H](O)CCO)ccc2C(=O)c2c1oc1cc(F)ccc21.O. The molecule has 3 aromatic rings. The van der Waals surface area contributed by atoms with Gasteiger partial charge in [0.2, 0.25) is 0 Å². The van der Waals surface area contributed by atoms with Gasteiger partial charge in [-0.3, -0.25) is 4.79 Å². The lowest BCUT2D eigenvalue weighted by molar-refractivity contribution is 0.0820. The van der Waals surface area contributed by atoms with E-state index >= 15 is 0 Å². The summed E-state index contributed by atoms with van der Waals surface area (Å²) in [6.07, 6.45) is -0.541. The first-order valence-corrected chi connectivity index (χ1v) is 9.16. The number of furan rings is 1.